The first-order valence-corrected chi connectivity index (χ1v) is 11.9. The van der Waals surface area contributed by atoms with Crippen LogP contribution >= 0.6 is 11.3 Å². The van der Waals surface area contributed by atoms with Gasteiger partial charge in [0.05, 0.1) is 10.6 Å². The van der Waals surface area contributed by atoms with Crippen molar-refractivity contribution in [2.24, 2.45) is 5.92 Å². The van der Waals surface area contributed by atoms with Crippen LogP contribution in [0.2, 0.25) is 0 Å². The van der Waals surface area contributed by atoms with E-state index in [0.29, 0.717) is 16.6 Å². The molecule has 0 fully saturated rings. The number of aryl methyl sites for hydroxylation is 1. The predicted octanol–water partition coefficient (Wildman–Crippen LogP) is 3.94. The van der Waals surface area contributed by atoms with Gasteiger partial charge in [0.1, 0.15) is 0 Å². The highest BCUT2D eigenvalue weighted by Gasteiger charge is 2.24. The van der Waals surface area contributed by atoms with Gasteiger partial charge in [0.25, 0.3) is 5.91 Å². The summed E-state index contributed by atoms with van der Waals surface area (Å²) in [6.07, 6.45) is 4.33. The van der Waals surface area contributed by atoms with Gasteiger partial charge in [-0.2, -0.15) is 4.31 Å². The van der Waals surface area contributed by atoms with Gasteiger partial charge in [0.15, 0.2) is 5.13 Å². The average molecular weight is 422 g/mol. The number of anilines is 1. The summed E-state index contributed by atoms with van der Waals surface area (Å²) in [5, 5.41) is 3.47. The Morgan fingerprint density at radius 3 is 2.61 bits per heavy atom. The molecule has 1 unspecified atom stereocenters. The number of carbonyl (C=O) groups excluding carboxylic acids is 1. The van der Waals surface area contributed by atoms with Crippen LogP contribution in [0.1, 0.15) is 54.5 Å². The minimum Gasteiger partial charge on any atom is -0.298 e. The first-order chi connectivity index (χ1) is 13.2. The smallest absolute Gasteiger partial charge is 0.257 e. The maximum absolute atomic E-state index is 12.5. The lowest BCUT2D eigenvalue weighted by Gasteiger charge is -2.20. The van der Waals surface area contributed by atoms with E-state index in [9.17, 15) is 13.2 Å². The number of fused-ring (bicyclic) bond motifs is 1. The Balaban J connectivity index is 1.72. The molecule has 1 atom stereocenters. The Labute approximate surface area is 171 Å². The van der Waals surface area contributed by atoms with Crippen molar-refractivity contribution in [1.82, 2.24) is 9.29 Å². The van der Waals surface area contributed by atoms with Crippen LogP contribution in [0.5, 0.6) is 0 Å². The van der Waals surface area contributed by atoms with Gasteiger partial charge in [0, 0.05) is 23.5 Å². The molecule has 8 heteroatoms. The lowest BCUT2D eigenvalue weighted by Crippen LogP contribution is -2.33. The number of hydrogen-bond acceptors (Lipinski definition) is 5. The third kappa shape index (κ3) is 4.29. The molecule has 28 heavy (non-hydrogen) atoms. The molecule has 0 radical (unpaired) electrons. The van der Waals surface area contributed by atoms with Gasteiger partial charge >= 0.3 is 0 Å². The Morgan fingerprint density at radius 2 is 2.00 bits per heavy atom. The average Bonchev–Trinajstić information content (AvgIpc) is 3.08. The molecule has 1 N–H and O–H groups in total. The van der Waals surface area contributed by atoms with E-state index < -0.39 is 10.0 Å². The van der Waals surface area contributed by atoms with E-state index in [-0.39, 0.29) is 16.8 Å². The normalized spacial score (nSPS) is 17.0. The Kier molecular flexibility index (Phi) is 6.21. The molecule has 0 saturated heterocycles. The van der Waals surface area contributed by atoms with Gasteiger partial charge in [-0.15, -0.1) is 11.3 Å². The van der Waals surface area contributed by atoms with Gasteiger partial charge < -0.3 is 0 Å². The fraction of sp³-hybridized carbons (Fsp3) is 0.500. The molecule has 1 aromatic carbocycles. The third-order valence-corrected chi connectivity index (χ3v) is 8.44. The SMILES string of the molecule is CCC1CCc2nc(NC(=O)c3ccc(S(=O)(=O)N(C)C(C)C)cc3)sc2C1. The summed E-state index contributed by atoms with van der Waals surface area (Å²) in [6, 6.07) is 5.88. The zero-order valence-electron chi connectivity index (χ0n) is 16.7. The van der Waals surface area contributed by atoms with Crippen LogP contribution in [0.25, 0.3) is 0 Å². The molecule has 6 nitrogen and oxygen atoms in total. The summed E-state index contributed by atoms with van der Waals surface area (Å²) in [7, 11) is -2.01. The molecule has 152 valence electrons. The fourth-order valence-electron chi connectivity index (χ4n) is 3.24. The molecule has 0 aliphatic heterocycles. The largest absolute Gasteiger partial charge is 0.298 e. The van der Waals surface area contributed by atoms with Crippen LogP contribution < -0.4 is 5.32 Å². The molecule has 2 aromatic rings. The molecule has 1 aromatic heterocycles. The molecular formula is C20H27N3O3S2. The van der Waals surface area contributed by atoms with E-state index in [1.807, 2.05) is 13.8 Å². The van der Waals surface area contributed by atoms with E-state index in [2.05, 4.69) is 17.2 Å². The highest BCUT2D eigenvalue weighted by atomic mass is 32.2. The number of nitrogens with zero attached hydrogens (tertiary/aromatic N) is 2. The first kappa shape index (κ1) is 21.0. The summed E-state index contributed by atoms with van der Waals surface area (Å²) in [6.45, 7) is 5.84. The minimum absolute atomic E-state index is 0.142. The number of nitrogens with one attached hydrogen (secondary N) is 1. The predicted molar refractivity (Wildman–Crippen MR) is 112 cm³/mol. The second-order valence-corrected chi connectivity index (χ2v) is 10.6. The van der Waals surface area contributed by atoms with Gasteiger partial charge in [0.2, 0.25) is 10.0 Å². The Bertz CT molecular complexity index is 950. The van der Waals surface area contributed by atoms with E-state index in [4.69, 9.17) is 0 Å². The number of hydrogen-bond donors (Lipinski definition) is 1. The summed E-state index contributed by atoms with van der Waals surface area (Å²) < 4.78 is 26.4. The molecule has 1 aliphatic carbocycles. The molecule has 0 spiro atoms. The van der Waals surface area contributed by atoms with Crippen LogP contribution in [0.4, 0.5) is 5.13 Å². The number of benzene rings is 1. The van der Waals surface area contributed by atoms with Crippen LogP contribution in [-0.4, -0.2) is 36.7 Å². The Morgan fingerprint density at radius 1 is 1.32 bits per heavy atom. The van der Waals surface area contributed by atoms with Crippen molar-refractivity contribution in [2.75, 3.05) is 12.4 Å². The van der Waals surface area contributed by atoms with Crippen LogP contribution in [0.15, 0.2) is 29.2 Å². The number of carbonyl (C=O) groups is 1. The number of thiazole rings is 1. The lowest BCUT2D eigenvalue weighted by atomic mass is 9.89. The summed E-state index contributed by atoms with van der Waals surface area (Å²) in [5.41, 5.74) is 1.51. The van der Waals surface area contributed by atoms with Gasteiger partial charge in [-0.05, 0) is 63.3 Å². The highest BCUT2D eigenvalue weighted by molar-refractivity contribution is 7.89. The van der Waals surface area contributed by atoms with Crippen molar-refractivity contribution >= 4 is 32.4 Å². The van der Waals surface area contributed by atoms with Gasteiger partial charge in [-0.25, -0.2) is 13.4 Å². The van der Waals surface area contributed by atoms with E-state index in [1.54, 1.807) is 18.4 Å². The van der Waals surface area contributed by atoms with Crippen LogP contribution in [0.3, 0.4) is 0 Å². The summed E-state index contributed by atoms with van der Waals surface area (Å²) in [4.78, 5) is 18.6. The van der Waals surface area contributed by atoms with Crippen molar-refractivity contribution in [2.45, 2.75) is 57.4 Å². The minimum atomic E-state index is -3.56. The second kappa shape index (κ2) is 8.31. The van der Waals surface area contributed by atoms with Crippen molar-refractivity contribution in [1.29, 1.82) is 0 Å². The monoisotopic (exact) mass is 421 g/mol. The van der Waals surface area contributed by atoms with Gasteiger partial charge in [-0.1, -0.05) is 13.3 Å². The van der Waals surface area contributed by atoms with Crippen molar-refractivity contribution in [3.05, 3.63) is 40.4 Å². The summed E-state index contributed by atoms with van der Waals surface area (Å²) in [5.74, 6) is 0.425. The van der Waals surface area contributed by atoms with E-state index in [1.165, 1.54) is 39.9 Å². The quantitative estimate of drug-likeness (QED) is 0.766. The zero-order valence-corrected chi connectivity index (χ0v) is 18.4. The van der Waals surface area contributed by atoms with Crippen molar-refractivity contribution in [3.8, 4) is 0 Å². The Hall–Kier alpha value is -1.77. The third-order valence-electron chi connectivity index (χ3n) is 5.36. The molecular weight excluding hydrogens is 394 g/mol. The van der Waals surface area contributed by atoms with Crippen LogP contribution in [0, 0.1) is 5.92 Å². The topological polar surface area (TPSA) is 79.4 Å². The van der Waals surface area contributed by atoms with E-state index in [0.717, 1.165) is 25.0 Å². The standard InChI is InChI=1S/C20H27N3O3S2/c1-5-14-6-11-17-18(12-14)27-20(21-17)22-19(24)15-7-9-16(10-8-15)28(25,26)23(4)13(2)3/h7-10,13-14H,5-6,11-12H2,1-4H3,(H,21,22,24). The van der Waals surface area contributed by atoms with E-state index >= 15 is 0 Å². The molecule has 0 saturated carbocycles. The maximum atomic E-state index is 12.5. The first-order valence-electron chi connectivity index (χ1n) is 9.60. The highest BCUT2D eigenvalue weighted by Crippen LogP contribution is 2.33. The van der Waals surface area contributed by atoms with Crippen molar-refractivity contribution in [3.63, 3.8) is 0 Å². The fourth-order valence-corrected chi connectivity index (χ4v) is 5.72. The van der Waals surface area contributed by atoms with Gasteiger partial charge in [-0.3, -0.25) is 10.1 Å². The molecule has 1 heterocycles. The molecule has 1 aliphatic rings. The zero-order chi connectivity index (χ0) is 20.5. The number of rotatable bonds is 6. The van der Waals surface area contributed by atoms with Crippen LogP contribution in [-0.2, 0) is 22.9 Å². The van der Waals surface area contributed by atoms with Crippen molar-refractivity contribution < 1.29 is 13.2 Å². The number of sulfonamides is 1. The summed E-state index contributed by atoms with van der Waals surface area (Å²) >= 11 is 1.55. The number of amides is 1. The molecule has 1 amide bonds. The second-order valence-electron chi connectivity index (χ2n) is 7.50. The number of aromatic nitrogens is 1. The molecule has 0 bridgehead atoms. The lowest BCUT2D eigenvalue weighted by molar-refractivity contribution is 0.102. The maximum Gasteiger partial charge on any atom is 0.257 e. The molecule has 3 rings (SSSR count).